The molecule has 2 aromatic rings. The van der Waals surface area contributed by atoms with Crippen LogP contribution in [0.25, 0.3) is 0 Å². The number of amides is 2. The SMILES string of the molecule is O=C1NCCCCC1NC(=O)C(O)(c1ccccc1)c1ccccc1. The summed E-state index contributed by atoms with van der Waals surface area (Å²) >= 11 is 0. The van der Waals surface area contributed by atoms with Crippen LogP contribution < -0.4 is 10.6 Å². The highest BCUT2D eigenvalue weighted by atomic mass is 16.3. The minimum atomic E-state index is -1.85. The van der Waals surface area contributed by atoms with Crippen molar-refractivity contribution in [2.24, 2.45) is 0 Å². The van der Waals surface area contributed by atoms with Gasteiger partial charge in [0.25, 0.3) is 5.91 Å². The van der Waals surface area contributed by atoms with Gasteiger partial charge in [0.1, 0.15) is 6.04 Å². The molecule has 1 aliphatic rings. The summed E-state index contributed by atoms with van der Waals surface area (Å²) in [7, 11) is 0. The monoisotopic (exact) mass is 338 g/mol. The summed E-state index contributed by atoms with van der Waals surface area (Å²) in [6, 6.07) is 16.9. The first-order chi connectivity index (χ1) is 12.1. The maximum Gasteiger partial charge on any atom is 0.262 e. The molecule has 0 bridgehead atoms. The topological polar surface area (TPSA) is 78.4 Å². The van der Waals surface area contributed by atoms with Crippen LogP contribution in [0.2, 0.25) is 0 Å². The highest BCUT2D eigenvalue weighted by molar-refractivity contribution is 5.94. The lowest BCUT2D eigenvalue weighted by Crippen LogP contribution is -2.53. The van der Waals surface area contributed by atoms with Gasteiger partial charge in [-0.1, -0.05) is 60.7 Å². The fraction of sp³-hybridized carbons (Fsp3) is 0.300. The summed E-state index contributed by atoms with van der Waals surface area (Å²) in [6.07, 6.45) is 2.30. The molecule has 3 N–H and O–H groups in total. The largest absolute Gasteiger partial charge is 0.372 e. The summed E-state index contributed by atoms with van der Waals surface area (Å²) < 4.78 is 0. The Balaban J connectivity index is 1.94. The molecule has 5 heteroatoms. The maximum absolute atomic E-state index is 13.1. The van der Waals surface area contributed by atoms with Crippen molar-refractivity contribution in [3.8, 4) is 0 Å². The molecule has 1 saturated heterocycles. The second-order valence-corrected chi connectivity index (χ2v) is 6.26. The summed E-state index contributed by atoms with van der Waals surface area (Å²) in [5.41, 5.74) is -0.921. The van der Waals surface area contributed by atoms with Crippen molar-refractivity contribution in [1.29, 1.82) is 0 Å². The number of aliphatic hydroxyl groups is 1. The molecular weight excluding hydrogens is 316 g/mol. The first-order valence-electron chi connectivity index (χ1n) is 8.54. The lowest BCUT2D eigenvalue weighted by Gasteiger charge is -2.29. The zero-order chi connectivity index (χ0) is 17.7. The predicted molar refractivity (Wildman–Crippen MR) is 94.7 cm³/mol. The molecule has 2 aromatic carbocycles. The zero-order valence-electron chi connectivity index (χ0n) is 13.9. The Hall–Kier alpha value is -2.66. The van der Waals surface area contributed by atoms with Crippen LogP contribution in [-0.2, 0) is 15.2 Å². The van der Waals surface area contributed by atoms with Crippen LogP contribution in [-0.4, -0.2) is 29.5 Å². The summed E-state index contributed by atoms with van der Waals surface area (Å²) in [5.74, 6) is -0.790. The summed E-state index contributed by atoms with van der Waals surface area (Å²) in [4.78, 5) is 25.2. The van der Waals surface area contributed by atoms with Gasteiger partial charge in [0.15, 0.2) is 5.60 Å². The minimum Gasteiger partial charge on any atom is -0.372 e. The predicted octanol–water partition coefficient (Wildman–Crippen LogP) is 1.71. The van der Waals surface area contributed by atoms with Crippen LogP contribution in [0.1, 0.15) is 30.4 Å². The Morgan fingerprint density at radius 3 is 2.12 bits per heavy atom. The molecule has 5 nitrogen and oxygen atoms in total. The van der Waals surface area contributed by atoms with E-state index in [9.17, 15) is 14.7 Å². The minimum absolute atomic E-state index is 0.200. The van der Waals surface area contributed by atoms with Crippen LogP contribution >= 0.6 is 0 Å². The van der Waals surface area contributed by atoms with E-state index < -0.39 is 17.6 Å². The Morgan fingerprint density at radius 2 is 1.56 bits per heavy atom. The third-order valence-electron chi connectivity index (χ3n) is 4.55. The average Bonchev–Trinajstić information content (AvgIpc) is 2.87. The van der Waals surface area contributed by atoms with E-state index in [1.807, 2.05) is 12.1 Å². The third-order valence-corrected chi connectivity index (χ3v) is 4.55. The average molecular weight is 338 g/mol. The first-order valence-corrected chi connectivity index (χ1v) is 8.54. The van der Waals surface area contributed by atoms with Gasteiger partial charge in [-0.2, -0.15) is 0 Å². The van der Waals surface area contributed by atoms with E-state index in [1.54, 1.807) is 48.5 Å². The third kappa shape index (κ3) is 3.56. The molecule has 3 rings (SSSR count). The van der Waals surface area contributed by atoms with Crippen molar-refractivity contribution in [3.63, 3.8) is 0 Å². The number of carbonyl (C=O) groups excluding carboxylic acids is 2. The molecular formula is C20H22N2O3. The molecule has 0 aromatic heterocycles. The Kier molecular flexibility index (Phi) is 5.14. The van der Waals surface area contributed by atoms with E-state index in [4.69, 9.17) is 0 Å². The van der Waals surface area contributed by atoms with Crippen molar-refractivity contribution < 1.29 is 14.7 Å². The number of hydrogen-bond donors (Lipinski definition) is 3. The van der Waals surface area contributed by atoms with Gasteiger partial charge >= 0.3 is 0 Å². The van der Waals surface area contributed by atoms with E-state index in [0.717, 1.165) is 12.8 Å². The van der Waals surface area contributed by atoms with E-state index >= 15 is 0 Å². The quantitative estimate of drug-likeness (QED) is 0.794. The number of benzene rings is 2. The molecule has 1 unspecified atom stereocenters. The number of carbonyl (C=O) groups is 2. The van der Waals surface area contributed by atoms with Crippen LogP contribution in [0, 0.1) is 0 Å². The fourth-order valence-electron chi connectivity index (χ4n) is 3.13. The van der Waals surface area contributed by atoms with E-state index in [2.05, 4.69) is 10.6 Å². The maximum atomic E-state index is 13.1. The summed E-state index contributed by atoms with van der Waals surface area (Å²) in [6.45, 7) is 0.618. The van der Waals surface area contributed by atoms with Gasteiger partial charge in [-0.3, -0.25) is 9.59 Å². The van der Waals surface area contributed by atoms with Crippen molar-refractivity contribution >= 4 is 11.8 Å². The van der Waals surface area contributed by atoms with Crippen molar-refractivity contribution in [3.05, 3.63) is 71.8 Å². The van der Waals surface area contributed by atoms with Crippen molar-refractivity contribution in [1.82, 2.24) is 10.6 Å². The molecule has 0 aliphatic carbocycles. The normalized spacial score (nSPS) is 18.1. The van der Waals surface area contributed by atoms with Gasteiger partial charge in [-0.25, -0.2) is 0 Å². The lowest BCUT2D eigenvalue weighted by molar-refractivity contribution is -0.140. The van der Waals surface area contributed by atoms with E-state index in [-0.39, 0.29) is 5.91 Å². The van der Waals surface area contributed by atoms with Gasteiger partial charge in [-0.05, 0) is 30.4 Å². The standard InChI is InChI=1S/C20H22N2O3/c23-18-17(13-7-8-14-21-18)22-19(24)20(25,15-9-3-1-4-10-15)16-11-5-2-6-12-16/h1-6,9-12,17,25H,7-8,13-14H2,(H,21,23)(H,22,24). The lowest BCUT2D eigenvalue weighted by atomic mass is 9.85. The van der Waals surface area contributed by atoms with Crippen LogP contribution in [0.15, 0.2) is 60.7 Å². The first kappa shape index (κ1) is 17.2. The fourth-order valence-corrected chi connectivity index (χ4v) is 3.13. The molecule has 1 heterocycles. The second-order valence-electron chi connectivity index (χ2n) is 6.26. The molecule has 130 valence electrons. The van der Waals surface area contributed by atoms with Crippen molar-refractivity contribution in [2.75, 3.05) is 6.54 Å². The van der Waals surface area contributed by atoms with Crippen molar-refractivity contribution in [2.45, 2.75) is 30.9 Å². The Bertz CT molecular complexity index is 692. The van der Waals surface area contributed by atoms with Gasteiger partial charge in [0, 0.05) is 6.54 Å². The number of hydrogen-bond acceptors (Lipinski definition) is 3. The van der Waals surface area contributed by atoms with Crippen LogP contribution in [0.3, 0.4) is 0 Å². The van der Waals surface area contributed by atoms with Gasteiger partial charge in [0.05, 0.1) is 0 Å². The van der Waals surface area contributed by atoms with Gasteiger partial charge in [0.2, 0.25) is 5.91 Å². The van der Waals surface area contributed by atoms with Gasteiger partial charge < -0.3 is 15.7 Å². The smallest absolute Gasteiger partial charge is 0.262 e. The highest BCUT2D eigenvalue weighted by Crippen LogP contribution is 2.30. The van der Waals surface area contributed by atoms with Crippen LogP contribution in [0.4, 0.5) is 0 Å². The Labute approximate surface area is 147 Å². The van der Waals surface area contributed by atoms with E-state index in [1.165, 1.54) is 0 Å². The molecule has 0 radical (unpaired) electrons. The Morgan fingerprint density at radius 1 is 1.00 bits per heavy atom. The summed E-state index contributed by atoms with van der Waals surface area (Å²) in [5, 5.41) is 16.9. The molecule has 1 aliphatic heterocycles. The van der Waals surface area contributed by atoms with Gasteiger partial charge in [-0.15, -0.1) is 0 Å². The van der Waals surface area contributed by atoms with E-state index in [0.29, 0.717) is 24.1 Å². The molecule has 1 fully saturated rings. The van der Waals surface area contributed by atoms with Crippen LogP contribution in [0.5, 0.6) is 0 Å². The molecule has 25 heavy (non-hydrogen) atoms. The highest BCUT2D eigenvalue weighted by Gasteiger charge is 2.41. The molecule has 1 atom stereocenters. The molecule has 0 spiro atoms. The second kappa shape index (κ2) is 7.49. The molecule has 0 saturated carbocycles. The zero-order valence-corrected chi connectivity index (χ0v) is 13.9. The number of nitrogens with one attached hydrogen (secondary N) is 2. The number of rotatable bonds is 4. The molecule has 2 amide bonds.